The minimum atomic E-state index is -4.83. The molecule has 0 aliphatic heterocycles. The number of ether oxygens (including phenoxy) is 2. The first-order valence-electron chi connectivity index (χ1n) is 4.73. The van der Waals surface area contributed by atoms with Gasteiger partial charge in [0.25, 0.3) is 0 Å². The third-order valence-electron chi connectivity index (χ3n) is 1.78. The Morgan fingerprint density at radius 1 is 1.31 bits per heavy atom. The molecule has 0 heterocycles. The molecule has 0 aromatic heterocycles. The lowest BCUT2D eigenvalue weighted by atomic mass is 10.0. The predicted octanol–water partition coefficient (Wildman–Crippen LogP) is 1.23. The van der Waals surface area contributed by atoms with Crippen molar-refractivity contribution in [2.45, 2.75) is 38.6 Å². The number of rotatable bonds is 5. The normalized spacial score (nSPS) is 16.0. The van der Waals surface area contributed by atoms with Gasteiger partial charge in [0.2, 0.25) is 5.54 Å². The van der Waals surface area contributed by atoms with Crippen molar-refractivity contribution in [2.24, 2.45) is 5.73 Å². The number of alkyl halides is 3. The van der Waals surface area contributed by atoms with E-state index in [9.17, 15) is 18.0 Å². The van der Waals surface area contributed by atoms with Gasteiger partial charge in [-0.2, -0.15) is 13.2 Å². The third kappa shape index (κ3) is 4.36. The number of carbonyl (C=O) groups excluding carboxylic acids is 1. The second-order valence-electron chi connectivity index (χ2n) is 3.76. The smallest absolute Gasteiger partial charge is 0.416 e. The Morgan fingerprint density at radius 2 is 1.81 bits per heavy atom. The van der Waals surface area contributed by atoms with Crippen LogP contribution in [0.5, 0.6) is 0 Å². The predicted molar refractivity (Wildman–Crippen MR) is 50.7 cm³/mol. The van der Waals surface area contributed by atoms with Crippen molar-refractivity contribution < 1.29 is 27.4 Å². The third-order valence-corrected chi connectivity index (χ3v) is 1.78. The fourth-order valence-electron chi connectivity index (χ4n) is 0.684. The van der Waals surface area contributed by atoms with Crippen molar-refractivity contribution in [3.8, 4) is 0 Å². The average Bonchev–Trinajstić information content (AvgIpc) is 2.09. The van der Waals surface area contributed by atoms with Crippen LogP contribution in [0.4, 0.5) is 13.2 Å². The number of hydrogen-bond acceptors (Lipinski definition) is 4. The highest BCUT2D eigenvalue weighted by atomic mass is 19.4. The Labute approximate surface area is 91.9 Å². The summed E-state index contributed by atoms with van der Waals surface area (Å²) in [7, 11) is 0. The zero-order valence-corrected chi connectivity index (χ0v) is 9.43. The molecule has 0 fully saturated rings. The highest BCUT2D eigenvalue weighted by Gasteiger charge is 2.55. The molecule has 0 spiro atoms. The fraction of sp³-hybridized carbons (Fsp3) is 0.889. The zero-order valence-electron chi connectivity index (χ0n) is 9.43. The van der Waals surface area contributed by atoms with Gasteiger partial charge in [0.1, 0.15) is 6.61 Å². The van der Waals surface area contributed by atoms with Gasteiger partial charge in [-0.1, -0.05) is 0 Å². The van der Waals surface area contributed by atoms with Crippen LogP contribution in [0.15, 0.2) is 0 Å². The van der Waals surface area contributed by atoms with Gasteiger partial charge in [-0.3, -0.25) is 0 Å². The fourth-order valence-corrected chi connectivity index (χ4v) is 0.684. The van der Waals surface area contributed by atoms with Crippen molar-refractivity contribution in [3.05, 3.63) is 0 Å². The van der Waals surface area contributed by atoms with Crippen molar-refractivity contribution in [3.63, 3.8) is 0 Å². The first-order valence-corrected chi connectivity index (χ1v) is 4.73. The Kier molecular flexibility index (Phi) is 5.21. The van der Waals surface area contributed by atoms with Crippen LogP contribution in [0.25, 0.3) is 0 Å². The molecule has 4 nitrogen and oxygen atoms in total. The summed E-state index contributed by atoms with van der Waals surface area (Å²) in [6.07, 6.45) is -4.91. The Balaban J connectivity index is 4.07. The van der Waals surface area contributed by atoms with Crippen LogP contribution >= 0.6 is 0 Å². The van der Waals surface area contributed by atoms with E-state index < -0.39 is 17.7 Å². The summed E-state index contributed by atoms with van der Waals surface area (Å²) in [6.45, 7) is 3.87. The zero-order chi connectivity index (χ0) is 13.0. The van der Waals surface area contributed by atoms with E-state index in [1.807, 2.05) is 0 Å². The summed E-state index contributed by atoms with van der Waals surface area (Å²) in [5.74, 6) is -1.51. The maximum absolute atomic E-state index is 12.3. The molecule has 0 aromatic carbocycles. The van der Waals surface area contributed by atoms with Crippen molar-refractivity contribution in [1.82, 2.24) is 0 Å². The first kappa shape index (κ1) is 15.2. The number of nitrogens with two attached hydrogens (primary N) is 1. The Bertz CT molecular complexity index is 239. The standard InChI is InChI=1S/C9H16F3NO3/c1-6(2)15-4-5-16-7(14)8(3,13)9(10,11)12/h6H,4-5,13H2,1-3H3. The summed E-state index contributed by atoms with van der Waals surface area (Å²) in [5, 5.41) is 0. The quantitative estimate of drug-likeness (QED) is 0.583. The van der Waals surface area contributed by atoms with Crippen LogP contribution in [0, 0.1) is 0 Å². The van der Waals surface area contributed by atoms with E-state index >= 15 is 0 Å². The monoisotopic (exact) mass is 243 g/mol. The highest BCUT2D eigenvalue weighted by molar-refractivity contribution is 5.81. The van der Waals surface area contributed by atoms with Gasteiger partial charge >= 0.3 is 12.1 Å². The van der Waals surface area contributed by atoms with Gasteiger partial charge in [0.05, 0.1) is 12.7 Å². The van der Waals surface area contributed by atoms with Crippen LogP contribution in [0.1, 0.15) is 20.8 Å². The molecule has 7 heteroatoms. The average molecular weight is 243 g/mol. The van der Waals surface area contributed by atoms with Crippen LogP contribution < -0.4 is 5.73 Å². The van der Waals surface area contributed by atoms with Crippen LogP contribution in [-0.4, -0.2) is 37.0 Å². The maximum atomic E-state index is 12.3. The first-order chi connectivity index (χ1) is 7.09. The Hall–Kier alpha value is -0.820. The highest BCUT2D eigenvalue weighted by Crippen LogP contribution is 2.28. The second-order valence-corrected chi connectivity index (χ2v) is 3.76. The second kappa shape index (κ2) is 5.49. The van der Waals surface area contributed by atoms with E-state index in [2.05, 4.69) is 4.74 Å². The molecule has 2 N–H and O–H groups in total. The summed E-state index contributed by atoms with van der Waals surface area (Å²) >= 11 is 0. The van der Waals surface area contributed by atoms with Crippen molar-refractivity contribution in [1.29, 1.82) is 0 Å². The molecule has 1 atom stereocenters. The van der Waals surface area contributed by atoms with Crippen LogP contribution in [0.3, 0.4) is 0 Å². The molecule has 0 aliphatic rings. The minimum Gasteiger partial charge on any atom is -0.462 e. The number of carbonyl (C=O) groups is 1. The molecule has 0 aliphatic carbocycles. The van der Waals surface area contributed by atoms with Crippen LogP contribution in [-0.2, 0) is 14.3 Å². The molecule has 0 bridgehead atoms. The van der Waals surface area contributed by atoms with E-state index in [1.165, 1.54) is 0 Å². The van der Waals surface area contributed by atoms with Gasteiger partial charge in [-0.25, -0.2) is 4.79 Å². The van der Waals surface area contributed by atoms with Gasteiger partial charge in [-0.05, 0) is 20.8 Å². The van der Waals surface area contributed by atoms with E-state index in [1.54, 1.807) is 13.8 Å². The molecular weight excluding hydrogens is 227 g/mol. The van der Waals surface area contributed by atoms with Gasteiger partial charge in [-0.15, -0.1) is 0 Å². The summed E-state index contributed by atoms with van der Waals surface area (Å²) in [4.78, 5) is 11.0. The largest absolute Gasteiger partial charge is 0.462 e. The van der Waals surface area contributed by atoms with E-state index in [-0.39, 0.29) is 19.3 Å². The lowest BCUT2D eigenvalue weighted by molar-refractivity contribution is -0.202. The van der Waals surface area contributed by atoms with Gasteiger partial charge in [0, 0.05) is 0 Å². The summed E-state index contributed by atoms with van der Waals surface area (Å²) < 4.78 is 46.2. The molecule has 0 aromatic rings. The van der Waals surface area contributed by atoms with Gasteiger partial charge < -0.3 is 15.2 Å². The molecule has 0 saturated carbocycles. The molecule has 0 radical (unpaired) electrons. The summed E-state index contributed by atoms with van der Waals surface area (Å²) in [6, 6.07) is 0. The molecule has 0 amide bonds. The molecule has 16 heavy (non-hydrogen) atoms. The molecule has 0 saturated heterocycles. The Morgan fingerprint density at radius 3 is 2.19 bits per heavy atom. The lowest BCUT2D eigenvalue weighted by Crippen LogP contribution is -2.58. The number of esters is 1. The molecule has 96 valence electrons. The molecular formula is C9H16F3NO3. The molecule has 0 rings (SSSR count). The van der Waals surface area contributed by atoms with E-state index in [0.29, 0.717) is 6.92 Å². The molecule has 1 unspecified atom stereocenters. The lowest BCUT2D eigenvalue weighted by Gasteiger charge is -2.25. The minimum absolute atomic E-state index is 0.0390. The van der Waals surface area contributed by atoms with Crippen molar-refractivity contribution in [2.75, 3.05) is 13.2 Å². The topological polar surface area (TPSA) is 61.5 Å². The number of hydrogen-bond donors (Lipinski definition) is 1. The summed E-state index contributed by atoms with van der Waals surface area (Å²) in [5.41, 5.74) is 1.86. The van der Waals surface area contributed by atoms with E-state index in [4.69, 9.17) is 10.5 Å². The van der Waals surface area contributed by atoms with Crippen molar-refractivity contribution >= 4 is 5.97 Å². The maximum Gasteiger partial charge on any atom is 0.416 e. The van der Waals surface area contributed by atoms with Gasteiger partial charge in [0.15, 0.2) is 0 Å². The van der Waals surface area contributed by atoms with Crippen LogP contribution in [0.2, 0.25) is 0 Å². The SMILES string of the molecule is CC(C)OCCOC(=O)C(C)(N)C(F)(F)F. The number of halogens is 3. The van der Waals surface area contributed by atoms with E-state index in [0.717, 1.165) is 0 Å².